The fourth-order valence-corrected chi connectivity index (χ4v) is 11.2. The summed E-state index contributed by atoms with van der Waals surface area (Å²) < 4.78 is 0. The third-order valence-corrected chi connectivity index (χ3v) is 14.1. The zero-order chi connectivity index (χ0) is 36.5. The maximum atomic E-state index is 2.88. The Morgan fingerprint density at radius 1 is 0.509 bits per heavy atom. The highest BCUT2D eigenvalue weighted by Crippen LogP contribution is 2.63. The van der Waals surface area contributed by atoms with Crippen molar-refractivity contribution in [2.24, 2.45) is 0 Å². The Morgan fingerprint density at radius 3 is 1.85 bits per heavy atom. The summed E-state index contributed by atoms with van der Waals surface area (Å²) in [6.07, 6.45) is 4.88. The monoisotopic (exact) mass is 704 g/mol. The molecule has 1 aliphatic carbocycles. The highest BCUT2D eigenvalue weighted by molar-refractivity contribution is 6.94. The molecular formula is C52H41BN2. The van der Waals surface area contributed by atoms with Crippen LogP contribution >= 0.6 is 0 Å². The molecule has 2 unspecified atom stereocenters. The molecule has 4 aliphatic rings. The van der Waals surface area contributed by atoms with Crippen LogP contribution in [0.3, 0.4) is 0 Å². The molecule has 12 rings (SSSR count). The largest absolute Gasteiger partial charge is 0.376 e. The van der Waals surface area contributed by atoms with Crippen LogP contribution in [-0.2, 0) is 5.41 Å². The van der Waals surface area contributed by atoms with Crippen LogP contribution in [0.15, 0.2) is 164 Å². The van der Waals surface area contributed by atoms with Crippen LogP contribution in [-0.4, -0.2) is 12.4 Å². The van der Waals surface area contributed by atoms with Crippen LogP contribution in [0.25, 0.3) is 54.9 Å². The molecule has 8 aromatic rings. The van der Waals surface area contributed by atoms with Crippen molar-refractivity contribution in [2.75, 3.05) is 9.71 Å². The molecule has 55 heavy (non-hydrogen) atoms. The first-order valence-corrected chi connectivity index (χ1v) is 20.1. The van der Waals surface area contributed by atoms with Gasteiger partial charge in [-0.15, -0.1) is 0 Å². The van der Waals surface area contributed by atoms with Crippen molar-refractivity contribution in [3.8, 4) is 33.4 Å². The average Bonchev–Trinajstić information content (AvgIpc) is 3.45. The van der Waals surface area contributed by atoms with Gasteiger partial charge in [-0.3, -0.25) is 0 Å². The fraction of sp³-hybridized carbons (Fsp3) is 0.154. The highest BCUT2D eigenvalue weighted by atomic mass is 15.3. The maximum absolute atomic E-state index is 2.88. The van der Waals surface area contributed by atoms with Crippen LogP contribution in [0.5, 0.6) is 0 Å². The Bertz CT molecular complexity index is 2860. The number of anilines is 4. The molecule has 1 saturated carbocycles. The molecule has 2 nitrogen and oxygen atoms in total. The third-order valence-electron chi connectivity index (χ3n) is 14.1. The zero-order valence-corrected chi connectivity index (χ0v) is 31.4. The zero-order valence-electron chi connectivity index (χ0n) is 31.4. The molecule has 0 saturated heterocycles. The lowest BCUT2D eigenvalue weighted by atomic mass is 9.43. The van der Waals surface area contributed by atoms with Crippen molar-refractivity contribution in [1.29, 1.82) is 0 Å². The van der Waals surface area contributed by atoms with Crippen LogP contribution in [0.1, 0.15) is 45.1 Å². The van der Waals surface area contributed by atoms with Gasteiger partial charge in [0.05, 0.1) is 5.54 Å². The lowest BCUT2D eigenvalue weighted by molar-refractivity contribution is 0.195. The van der Waals surface area contributed by atoms with Gasteiger partial charge in [0.25, 0.3) is 0 Å². The minimum absolute atomic E-state index is 0.00113. The average molecular weight is 705 g/mol. The number of nitrogens with zero attached hydrogens (tertiary/aromatic N) is 2. The van der Waals surface area contributed by atoms with Gasteiger partial charge in [-0.05, 0) is 117 Å². The Balaban J connectivity index is 1.23. The summed E-state index contributed by atoms with van der Waals surface area (Å²) in [6, 6.07) is 61.9. The molecule has 0 radical (unpaired) electrons. The lowest BCUT2D eigenvalue weighted by Crippen LogP contribution is -2.64. The number of benzene rings is 8. The van der Waals surface area contributed by atoms with E-state index in [2.05, 4.69) is 187 Å². The molecule has 0 amide bonds. The summed E-state index contributed by atoms with van der Waals surface area (Å²) >= 11 is 0. The summed E-state index contributed by atoms with van der Waals surface area (Å²) in [6.45, 7) is 5.17. The third kappa shape index (κ3) is 4.16. The van der Waals surface area contributed by atoms with E-state index in [1.807, 2.05) is 0 Å². The van der Waals surface area contributed by atoms with Gasteiger partial charge in [-0.25, -0.2) is 0 Å². The molecule has 0 aromatic heterocycles. The van der Waals surface area contributed by atoms with Crippen molar-refractivity contribution in [2.45, 2.75) is 50.5 Å². The standard InChI is InChI=1S/C52H41BN2/c1-51-27-13-14-28-52(51,2)54-49-42-22-12-11-21-39(42)30-44-43-29-37-19-9-10-20-38(37)33-47(43)55(41-25-23-36(24-26-41)34-15-5-3-6-16-34)53(48(44)49)46-32-40(31-45(51)50(46)54)35-17-7-4-8-18-35/h3-12,15-26,29-33H,13-14,27-28H2,1-2H3. The number of hydrogen-bond donors (Lipinski definition) is 0. The fourth-order valence-electron chi connectivity index (χ4n) is 11.2. The molecule has 3 aliphatic heterocycles. The molecule has 3 heteroatoms. The topological polar surface area (TPSA) is 6.48 Å². The second-order valence-corrected chi connectivity index (χ2v) is 16.8. The predicted molar refractivity (Wildman–Crippen MR) is 234 cm³/mol. The van der Waals surface area contributed by atoms with E-state index < -0.39 is 0 Å². The van der Waals surface area contributed by atoms with Crippen molar-refractivity contribution in [1.82, 2.24) is 0 Å². The SMILES string of the molecule is CC12CCCCC1(C)N1c3c(cc(-c4ccccc4)cc32)B2c3c(cc4ccccc4c31)-c1cc3ccccc3cc1N2c1ccc(-c2ccccc2)cc1. The predicted octanol–water partition coefficient (Wildman–Crippen LogP) is 12.3. The Hall–Kier alpha value is -6.06. The first-order chi connectivity index (χ1) is 27.0. The molecule has 1 fully saturated rings. The summed E-state index contributed by atoms with van der Waals surface area (Å²) in [7, 11) is 0. The normalized spacial score (nSPS) is 20.3. The van der Waals surface area contributed by atoms with E-state index in [0.29, 0.717) is 0 Å². The van der Waals surface area contributed by atoms with E-state index in [1.165, 1.54) is 120 Å². The minimum atomic E-state index is -0.0632. The van der Waals surface area contributed by atoms with Crippen molar-refractivity contribution in [3.05, 3.63) is 169 Å². The summed E-state index contributed by atoms with van der Waals surface area (Å²) in [5.74, 6) is 0. The first kappa shape index (κ1) is 31.3. The van der Waals surface area contributed by atoms with E-state index in [-0.39, 0.29) is 17.8 Å². The van der Waals surface area contributed by atoms with Gasteiger partial charge in [0, 0.05) is 39.1 Å². The molecular weight excluding hydrogens is 663 g/mol. The van der Waals surface area contributed by atoms with E-state index in [0.717, 1.165) is 0 Å². The molecule has 262 valence electrons. The van der Waals surface area contributed by atoms with Gasteiger partial charge >= 0.3 is 6.85 Å². The Labute approximate surface area is 323 Å². The molecule has 0 N–H and O–H groups in total. The summed E-state index contributed by atoms with van der Waals surface area (Å²) in [4.78, 5) is 5.58. The molecule has 3 heterocycles. The van der Waals surface area contributed by atoms with Gasteiger partial charge in [0.2, 0.25) is 0 Å². The number of fused-ring (bicyclic) bond motifs is 10. The number of hydrogen-bond acceptors (Lipinski definition) is 2. The Kier molecular flexibility index (Phi) is 6.40. The summed E-state index contributed by atoms with van der Waals surface area (Å²) in [5.41, 5.74) is 17.4. The van der Waals surface area contributed by atoms with Crippen LogP contribution < -0.4 is 20.6 Å². The molecule has 0 spiro atoms. The van der Waals surface area contributed by atoms with Crippen molar-refractivity contribution in [3.63, 3.8) is 0 Å². The lowest BCUT2D eigenvalue weighted by Gasteiger charge is -2.53. The van der Waals surface area contributed by atoms with Crippen LogP contribution in [0.4, 0.5) is 22.7 Å². The Morgan fingerprint density at radius 2 is 1.11 bits per heavy atom. The van der Waals surface area contributed by atoms with Gasteiger partial charge < -0.3 is 9.71 Å². The van der Waals surface area contributed by atoms with E-state index in [9.17, 15) is 0 Å². The second-order valence-electron chi connectivity index (χ2n) is 16.8. The highest BCUT2D eigenvalue weighted by Gasteiger charge is 2.62. The first-order valence-electron chi connectivity index (χ1n) is 20.1. The van der Waals surface area contributed by atoms with Gasteiger partial charge in [0.1, 0.15) is 0 Å². The maximum Gasteiger partial charge on any atom is 0.333 e. The van der Waals surface area contributed by atoms with E-state index in [1.54, 1.807) is 0 Å². The van der Waals surface area contributed by atoms with Gasteiger partial charge in [-0.2, -0.15) is 0 Å². The summed E-state index contributed by atoms with van der Waals surface area (Å²) in [5, 5.41) is 5.21. The van der Waals surface area contributed by atoms with Crippen LogP contribution in [0, 0.1) is 0 Å². The van der Waals surface area contributed by atoms with Crippen molar-refractivity contribution >= 4 is 62.1 Å². The van der Waals surface area contributed by atoms with Crippen LogP contribution in [0.2, 0.25) is 0 Å². The van der Waals surface area contributed by atoms with Crippen molar-refractivity contribution < 1.29 is 0 Å². The van der Waals surface area contributed by atoms with E-state index in [4.69, 9.17) is 0 Å². The molecule has 2 atom stereocenters. The van der Waals surface area contributed by atoms with Gasteiger partial charge in [-0.1, -0.05) is 147 Å². The second kappa shape index (κ2) is 11.2. The number of rotatable bonds is 3. The smallest absolute Gasteiger partial charge is 0.333 e. The molecule has 8 aromatic carbocycles. The van der Waals surface area contributed by atoms with E-state index >= 15 is 0 Å². The minimum Gasteiger partial charge on any atom is -0.376 e. The molecule has 0 bridgehead atoms. The quantitative estimate of drug-likeness (QED) is 0.169. The van der Waals surface area contributed by atoms with Gasteiger partial charge in [0.15, 0.2) is 0 Å².